The molecular weight excluding hydrogens is 350 g/mol. The van der Waals surface area contributed by atoms with Gasteiger partial charge in [0, 0.05) is 34.9 Å². The highest BCUT2D eigenvalue weighted by Gasteiger charge is 2.15. The van der Waals surface area contributed by atoms with Gasteiger partial charge in [0.15, 0.2) is 5.43 Å². The van der Waals surface area contributed by atoms with Gasteiger partial charge in [-0.3, -0.25) is 9.78 Å². The van der Waals surface area contributed by atoms with Crippen molar-refractivity contribution in [3.63, 3.8) is 0 Å². The molecule has 0 amide bonds. The van der Waals surface area contributed by atoms with Crippen molar-refractivity contribution in [2.45, 2.75) is 6.54 Å². The molecule has 2 aromatic heterocycles. The summed E-state index contributed by atoms with van der Waals surface area (Å²) in [5.74, 6) is 0.363. The fourth-order valence-corrected chi connectivity index (χ4v) is 3.18. The summed E-state index contributed by atoms with van der Waals surface area (Å²) in [7, 11) is 0. The first-order chi connectivity index (χ1) is 13.7. The average molecular weight is 367 g/mol. The van der Waals surface area contributed by atoms with Crippen LogP contribution in [0.25, 0.3) is 27.0 Å². The highest BCUT2D eigenvalue weighted by atomic mass is 16.1. The van der Waals surface area contributed by atoms with Crippen LogP contribution >= 0.6 is 0 Å². The standard InChI is InChI=1S/C22H17N5O/c1-24-20-17(23)11-12-25-22(20)26-13-16-19(14-7-3-2-4-8-14)27-18-10-6-5-9-15(18)21(16)28/h2-12H,13H2,(H,27,28)(H3,23,25,26). The van der Waals surface area contributed by atoms with Gasteiger partial charge in [-0.25, -0.2) is 4.85 Å². The average Bonchev–Trinajstić information content (AvgIpc) is 2.73. The molecule has 0 unspecified atom stereocenters. The number of aromatic nitrogens is 2. The first kappa shape index (κ1) is 17.3. The molecular formula is C22H17N5O. The van der Waals surface area contributed by atoms with Crippen LogP contribution < -0.4 is 16.5 Å². The molecule has 0 radical (unpaired) electrons. The lowest BCUT2D eigenvalue weighted by Crippen LogP contribution is -2.17. The number of nitrogen functional groups attached to an aromatic ring is 1. The summed E-state index contributed by atoms with van der Waals surface area (Å²) >= 11 is 0. The lowest BCUT2D eigenvalue weighted by atomic mass is 10.0. The number of benzene rings is 2. The van der Waals surface area contributed by atoms with Crippen LogP contribution in [0.15, 0.2) is 71.7 Å². The van der Waals surface area contributed by atoms with E-state index in [0.29, 0.717) is 22.5 Å². The minimum Gasteiger partial charge on any atom is -0.407 e. The fourth-order valence-electron chi connectivity index (χ4n) is 3.18. The Balaban J connectivity index is 1.84. The van der Waals surface area contributed by atoms with Crippen LogP contribution in [0.1, 0.15) is 5.56 Å². The quantitative estimate of drug-likeness (QED) is 0.468. The number of anilines is 2. The number of aromatic amines is 1. The third kappa shape index (κ3) is 3.06. The number of nitrogens with two attached hydrogens (primary N) is 1. The van der Waals surface area contributed by atoms with Crippen molar-refractivity contribution >= 4 is 28.1 Å². The van der Waals surface area contributed by atoms with Crippen molar-refractivity contribution in [2.75, 3.05) is 11.1 Å². The number of hydrogen-bond donors (Lipinski definition) is 3. The Labute approximate surface area is 161 Å². The molecule has 2 aromatic carbocycles. The lowest BCUT2D eigenvalue weighted by Gasteiger charge is -2.14. The summed E-state index contributed by atoms with van der Waals surface area (Å²) in [5, 5.41) is 3.73. The van der Waals surface area contributed by atoms with Gasteiger partial charge in [0.1, 0.15) is 5.82 Å². The summed E-state index contributed by atoms with van der Waals surface area (Å²) in [6, 6.07) is 18.7. The van der Waals surface area contributed by atoms with Crippen LogP contribution in [-0.2, 0) is 6.54 Å². The predicted molar refractivity (Wildman–Crippen MR) is 112 cm³/mol. The smallest absolute Gasteiger partial charge is 0.250 e. The highest BCUT2D eigenvalue weighted by molar-refractivity contribution is 5.84. The molecule has 6 heteroatoms. The van der Waals surface area contributed by atoms with Crippen LogP contribution in [0, 0.1) is 6.57 Å². The van der Waals surface area contributed by atoms with Crippen LogP contribution in [0.3, 0.4) is 0 Å². The maximum absolute atomic E-state index is 13.2. The predicted octanol–water partition coefficient (Wildman–Crippen LogP) is 4.34. The third-order valence-electron chi connectivity index (χ3n) is 4.57. The molecule has 0 atom stereocenters. The van der Waals surface area contributed by atoms with Crippen molar-refractivity contribution in [2.24, 2.45) is 0 Å². The molecule has 0 aliphatic carbocycles. The zero-order valence-electron chi connectivity index (χ0n) is 14.9. The second kappa shape index (κ2) is 7.25. The summed E-state index contributed by atoms with van der Waals surface area (Å²) in [6.07, 6.45) is 1.54. The Bertz CT molecular complexity index is 1260. The lowest BCUT2D eigenvalue weighted by molar-refractivity contribution is 1.09. The van der Waals surface area contributed by atoms with Crippen molar-refractivity contribution in [3.05, 3.63) is 94.1 Å². The maximum Gasteiger partial charge on any atom is 0.250 e. The number of hydrogen-bond acceptors (Lipinski definition) is 4. The molecule has 0 saturated carbocycles. The Morgan fingerprint density at radius 1 is 1.07 bits per heavy atom. The number of rotatable bonds is 4. The molecule has 28 heavy (non-hydrogen) atoms. The molecule has 0 saturated heterocycles. The normalized spacial score (nSPS) is 10.5. The molecule has 2 heterocycles. The van der Waals surface area contributed by atoms with E-state index in [2.05, 4.69) is 20.1 Å². The van der Waals surface area contributed by atoms with E-state index in [1.54, 1.807) is 12.1 Å². The van der Waals surface area contributed by atoms with Crippen LogP contribution in [-0.4, -0.2) is 9.97 Å². The highest BCUT2D eigenvalue weighted by Crippen LogP contribution is 2.30. The first-order valence-corrected chi connectivity index (χ1v) is 8.74. The van der Waals surface area contributed by atoms with Crippen molar-refractivity contribution in [1.29, 1.82) is 0 Å². The molecule has 0 bridgehead atoms. The Hall–Kier alpha value is -4.11. The second-order valence-corrected chi connectivity index (χ2v) is 6.28. The van der Waals surface area contributed by atoms with Gasteiger partial charge in [-0.1, -0.05) is 42.5 Å². The van der Waals surface area contributed by atoms with Gasteiger partial charge < -0.3 is 16.0 Å². The minimum atomic E-state index is -0.0611. The van der Waals surface area contributed by atoms with Gasteiger partial charge in [0.05, 0.1) is 12.3 Å². The van der Waals surface area contributed by atoms with Crippen LogP contribution in [0.2, 0.25) is 0 Å². The van der Waals surface area contributed by atoms with Crippen LogP contribution in [0.4, 0.5) is 17.2 Å². The fraction of sp³-hybridized carbons (Fsp3) is 0.0455. The van der Waals surface area contributed by atoms with Crippen molar-refractivity contribution in [3.8, 4) is 11.3 Å². The molecule has 4 N–H and O–H groups in total. The molecule has 0 spiro atoms. The topological polar surface area (TPSA) is 88.2 Å². The largest absolute Gasteiger partial charge is 0.407 e. The van der Waals surface area contributed by atoms with E-state index in [1.165, 1.54) is 6.20 Å². The van der Waals surface area contributed by atoms with Gasteiger partial charge >= 0.3 is 0 Å². The molecule has 0 fully saturated rings. The molecule has 136 valence electrons. The van der Waals surface area contributed by atoms with E-state index in [0.717, 1.165) is 16.8 Å². The zero-order chi connectivity index (χ0) is 19.5. The second-order valence-electron chi connectivity index (χ2n) is 6.28. The number of fused-ring (bicyclic) bond motifs is 1. The Kier molecular flexibility index (Phi) is 4.48. The number of nitrogens with zero attached hydrogens (tertiary/aromatic N) is 2. The molecule has 4 aromatic rings. The van der Waals surface area contributed by atoms with Gasteiger partial charge in [0.2, 0.25) is 5.69 Å². The van der Waals surface area contributed by atoms with Crippen molar-refractivity contribution in [1.82, 2.24) is 9.97 Å². The summed E-state index contributed by atoms with van der Waals surface area (Å²) in [4.78, 5) is 24.2. The van der Waals surface area contributed by atoms with Gasteiger partial charge in [-0.15, -0.1) is 0 Å². The summed E-state index contributed by atoms with van der Waals surface area (Å²) in [6.45, 7) is 7.54. The Morgan fingerprint density at radius 2 is 1.82 bits per heavy atom. The van der Waals surface area contributed by atoms with Crippen molar-refractivity contribution < 1.29 is 0 Å². The Morgan fingerprint density at radius 3 is 2.61 bits per heavy atom. The molecule has 0 aliphatic heterocycles. The van der Waals surface area contributed by atoms with Gasteiger partial charge in [-0.2, -0.15) is 0 Å². The van der Waals surface area contributed by atoms with E-state index in [9.17, 15) is 4.79 Å². The molecule has 4 rings (SSSR count). The third-order valence-corrected chi connectivity index (χ3v) is 4.57. The number of nitrogens with one attached hydrogen (secondary N) is 2. The number of H-pyrrole nitrogens is 1. The van der Waals surface area contributed by atoms with E-state index >= 15 is 0 Å². The SMILES string of the molecule is [C-]#[N+]c1c(N)ccnc1NCc1c(-c2ccccc2)[nH]c2ccccc2c1=O. The monoisotopic (exact) mass is 367 g/mol. The summed E-state index contributed by atoms with van der Waals surface area (Å²) in [5.41, 5.74) is 9.41. The number of para-hydroxylation sites is 1. The number of pyridine rings is 2. The maximum atomic E-state index is 13.2. The summed E-state index contributed by atoms with van der Waals surface area (Å²) < 4.78 is 0. The van der Waals surface area contributed by atoms with Gasteiger partial charge in [-0.05, 0) is 23.8 Å². The molecule has 0 aliphatic rings. The van der Waals surface area contributed by atoms with Crippen LogP contribution in [0.5, 0.6) is 0 Å². The zero-order valence-corrected chi connectivity index (χ0v) is 14.9. The van der Waals surface area contributed by atoms with E-state index < -0.39 is 0 Å². The van der Waals surface area contributed by atoms with E-state index in [-0.39, 0.29) is 17.7 Å². The van der Waals surface area contributed by atoms with E-state index in [1.807, 2.05) is 48.5 Å². The molecule has 6 nitrogen and oxygen atoms in total. The van der Waals surface area contributed by atoms with E-state index in [4.69, 9.17) is 12.3 Å². The van der Waals surface area contributed by atoms with Gasteiger partial charge in [0.25, 0.3) is 0 Å². The minimum absolute atomic E-state index is 0.0611. The first-order valence-electron chi connectivity index (χ1n) is 8.74.